The van der Waals surface area contributed by atoms with Gasteiger partial charge in [-0.1, -0.05) is 74.1 Å². The summed E-state index contributed by atoms with van der Waals surface area (Å²) < 4.78 is 25.2. The average Bonchev–Trinajstić information content (AvgIpc) is 2.75. The molecule has 0 amide bonds. The summed E-state index contributed by atoms with van der Waals surface area (Å²) in [6.45, 7) is 15.9. The van der Waals surface area contributed by atoms with Crippen LogP contribution < -0.4 is 0 Å². The fraction of sp³-hybridized carbons (Fsp3) is 1.00. The van der Waals surface area contributed by atoms with E-state index in [1.165, 1.54) is 25.7 Å². The molecule has 0 spiro atoms. The Hall–Kier alpha value is -0.200. The van der Waals surface area contributed by atoms with Crippen LogP contribution in [-0.2, 0) is 18.9 Å². The Bertz CT molecular complexity index is 470. The Morgan fingerprint density at radius 1 is 0.700 bits per heavy atom. The summed E-state index contributed by atoms with van der Waals surface area (Å²) in [5.41, 5.74) is 0. The van der Waals surface area contributed by atoms with E-state index in [2.05, 4.69) is 48.5 Å². The number of unbranched alkanes of at least 4 members (excludes halogenated alkanes) is 4. The summed E-state index contributed by atoms with van der Waals surface area (Å²) in [5, 5.41) is 10.9. The molecule has 2 rings (SSSR count). The quantitative estimate of drug-likeness (QED) is 0.438. The fourth-order valence-corrected chi connectivity index (χ4v) is 4.96. The molecule has 5 heteroatoms. The molecule has 0 bridgehead atoms. The third-order valence-corrected chi connectivity index (χ3v) is 7.68. The van der Waals surface area contributed by atoms with Crippen LogP contribution in [0.4, 0.5) is 0 Å². The molecule has 2 heterocycles. The van der Waals surface area contributed by atoms with Crippen LogP contribution in [0, 0.1) is 23.7 Å². The van der Waals surface area contributed by atoms with Crippen molar-refractivity contribution in [3.8, 4) is 0 Å². The van der Waals surface area contributed by atoms with Gasteiger partial charge in [0.15, 0.2) is 12.6 Å². The van der Waals surface area contributed by atoms with Gasteiger partial charge in [-0.25, -0.2) is 0 Å². The van der Waals surface area contributed by atoms with Crippen LogP contribution >= 0.6 is 0 Å². The Morgan fingerprint density at radius 2 is 1.27 bits per heavy atom. The maximum absolute atomic E-state index is 10.9. The molecular formula is C25H48O5. The lowest BCUT2D eigenvalue weighted by Crippen LogP contribution is -2.57. The van der Waals surface area contributed by atoms with Crippen molar-refractivity contribution in [1.29, 1.82) is 0 Å². The van der Waals surface area contributed by atoms with Crippen molar-refractivity contribution in [2.24, 2.45) is 23.7 Å². The van der Waals surface area contributed by atoms with Crippen LogP contribution in [0.25, 0.3) is 0 Å². The zero-order valence-corrected chi connectivity index (χ0v) is 20.5. The van der Waals surface area contributed by atoms with E-state index >= 15 is 0 Å². The van der Waals surface area contributed by atoms with Crippen LogP contribution in [0.5, 0.6) is 0 Å². The highest BCUT2D eigenvalue weighted by Crippen LogP contribution is 2.38. The van der Waals surface area contributed by atoms with Gasteiger partial charge in [-0.2, -0.15) is 0 Å². The first-order chi connectivity index (χ1) is 14.3. The fourth-order valence-electron chi connectivity index (χ4n) is 4.96. The van der Waals surface area contributed by atoms with Gasteiger partial charge in [-0.15, -0.1) is 0 Å². The molecular weight excluding hydrogens is 380 g/mol. The van der Waals surface area contributed by atoms with E-state index < -0.39 is 18.7 Å². The lowest BCUT2D eigenvalue weighted by Gasteiger charge is -2.48. The Balaban J connectivity index is 2.04. The van der Waals surface area contributed by atoms with Gasteiger partial charge in [0.2, 0.25) is 0 Å². The van der Waals surface area contributed by atoms with E-state index in [-0.39, 0.29) is 30.1 Å². The molecule has 0 saturated carbocycles. The summed E-state index contributed by atoms with van der Waals surface area (Å²) >= 11 is 0. The zero-order chi connectivity index (χ0) is 22.3. The highest BCUT2D eigenvalue weighted by Gasteiger charge is 2.47. The van der Waals surface area contributed by atoms with Crippen molar-refractivity contribution in [2.45, 2.75) is 130 Å². The number of hydrogen-bond acceptors (Lipinski definition) is 5. The van der Waals surface area contributed by atoms with Crippen molar-refractivity contribution >= 4 is 0 Å². The van der Waals surface area contributed by atoms with Crippen molar-refractivity contribution in [1.82, 2.24) is 0 Å². The standard InChI is InChI=1S/C25H48O5/c1-8-11-12-13-14-15-27-25-23(19(7)17(5)21(10-3)29-25)30-24-22(26)18(6)16(4)20(9-2)28-24/h16-26H,8-15H2,1-7H3/t16-,17-,18-,19-,20?,21?,22?,23?,24-,25+/m0/s1. The van der Waals surface area contributed by atoms with Crippen LogP contribution in [0.1, 0.15) is 93.4 Å². The number of aliphatic hydroxyl groups is 1. The molecule has 0 aromatic heterocycles. The maximum atomic E-state index is 10.9. The lowest BCUT2D eigenvalue weighted by molar-refractivity contribution is -0.344. The molecule has 0 aromatic carbocycles. The van der Waals surface area contributed by atoms with Crippen molar-refractivity contribution in [3.63, 3.8) is 0 Å². The Morgan fingerprint density at radius 3 is 1.87 bits per heavy atom. The van der Waals surface area contributed by atoms with Gasteiger partial charge in [0.05, 0.1) is 12.2 Å². The van der Waals surface area contributed by atoms with Gasteiger partial charge in [0, 0.05) is 6.61 Å². The Kier molecular flexibility index (Phi) is 11.1. The van der Waals surface area contributed by atoms with Gasteiger partial charge < -0.3 is 24.1 Å². The molecule has 5 nitrogen and oxygen atoms in total. The van der Waals surface area contributed by atoms with Crippen LogP contribution in [0.15, 0.2) is 0 Å². The molecule has 0 aromatic rings. The predicted octanol–water partition coefficient (Wildman–Crippen LogP) is 5.53. The zero-order valence-electron chi connectivity index (χ0n) is 20.5. The van der Waals surface area contributed by atoms with E-state index in [9.17, 15) is 5.11 Å². The van der Waals surface area contributed by atoms with E-state index in [1.54, 1.807) is 0 Å². The van der Waals surface area contributed by atoms with Gasteiger partial charge in [-0.3, -0.25) is 0 Å². The smallest absolute Gasteiger partial charge is 0.184 e. The summed E-state index contributed by atoms with van der Waals surface area (Å²) in [6, 6.07) is 0. The number of rotatable bonds is 11. The molecule has 178 valence electrons. The lowest BCUT2D eigenvalue weighted by atomic mass is 9.81. The van der Waals surface area contributed by atoms with Gasteiger partial charge in [0.25, 0.3) is 0 Å². The molecule has 10 atom stereocenters. The molecule has 30 heavy (non-hydrogen) atoms. The predicted molar refractivity (Wildman–Crippen MR) is 120 cm³/mol. The molecule has 1 N–H and O–H groups in total. The second-order valence-electron chi connectivity index (χ2n) is 9.72. The minimum absolute atomic E-state index is 0.104. The minimum atomic E-state index is -0.635. The van der Waals surface area contributed by atoms with Gasteiger partial charge >= 0.3 is 0 Å². The summed E-state index contributed by atoms with van der Waals surface area (Å²) in [7, 11) is 0. The van der Waals surface area contributed by atoms with Crippen LogP contribution in [0.2, 0.25) is 0 Å². The summed E-state index contributed by atoms with van der Waals surface area (Å²) in [4.78, 5) is 0. The van der Waals surface area contributed by atoms with Crippen molar-refractivity contribution in [3.05, 3.63) is 0 Å². The number of aliphatic hydroxyl groups excluding tert-OH is 1. The number of ether oxygens (including phenoxy) is 4. The van der Waals surface area contributed by atoms with Crippen LogP contribution in [0.3, 0.4) is 0 Å². The molecule has 2 saturated heterocycles. The number of hydrogen-bond donors (Lipinski definition) is 1. The molecule has 2 aliphatic heterocycles. The third kappa shape index (κ3) is 6.41. The second kappa shape index (κ2) is 12.7. The van der Waals surface area contributed by atoms with E-state index in [0.29, 0.717) is 18.4 Å². The Labute approximate surface area is 185 Å². The highest BCUT2D eigenvalue weighted by molar-refractivity contribution is 4.89. The molecule has 4 unspecified atom stereocenters. The van der Waals surface area contributed by atoms with Gasteiger partial charge in [-0.05, 0) is 42.9 Å². The SMILES string of the molecule is CCCCCCCO[C@@H]1OC(CC)[C@@H](C)[C@H](C)C1O[C@@H]1OC(CC)[C@@H](C)[C@H](C)C1O. The average molecular weight is 429 g/mol. The maximum Gasteiger partial charge on any atom is 0.184 e. The monoisotopic (exact) mass is 428 g/mol. The first-order valence-corrected chi connectivity index (χ1v) is 12.6. The van der Waals surface area contributed by atoms with Crippen molar-refractivity contribution < 1.29 is 24.1 Å². The molecule has 0 radical (unpaired) electrons. The van der Waals surface area contributed by atoms with E-state index in [4.69, 9.17) is 18.9 Å². The first-order valence-electron chi connectivity index (χ1n) is 12.6. The molecule has 0 aliphatic carbocycles. The molecule has 2 fully saturated rings. The summed E-state index contributed by atoms with van der Waals surface area (Å²) in [6.07, 6.45) is 6.26. The van der Waals surface area contributed by atoms with Crippen LogP contribution in [-0.4, -0.2) is 48.7 Å². The normalized spacial score (nSPS) is 42.4. The highest BCUT2D eigenvalue weighted by atomic mass is 16.7. The van der Waals surface area contributed by atoms with Gasteiger partial charge in [0.1, 0.15) is 12.2 Å². The van der Waals surface area contributed by atoms with E-state index in [0.717, 1.165) is 19.3 Å². The minimum Gasteiger partial charge on any atom is -0.388 e. The second-order valence-corrected chi connectivity index (χ2v) is 9.72. The topological polar surface area (TPSA) is 57.2 Å². The third-order valence-electron chi connectivity index (χ3n) is 7.68. The van der Waals surface area contributed by atoms with Crippen molar-refractivity contribution in [2.75, 3.05) is 6.61 Å². The summed E-state index contributed by atoms with van der Waals surface area (Å²) in [5.74, 6) is 1.07. The first kappa shape index (κ1) is 26.1. The largest absolute Gasteiger partial charge is 0.388 e. The van der Waals surface area contributed by atoms with E-state index in [1.807, 2.05) is 0 Å². The molecule has 2 aliphatic rings.